The van der Waals surface area contributed by atoms with Gasteiger partial charge in [0, 0.05) is 64.3 Å². The third-order valence-corrected chi connectivity index (χ3v) is 6.22. The van der Waals surface area contributed by atoms with Crippen LogP contribution in [0.25, 0.3) is 0 Å². The van der Waals surface area contributed by atoms with Crippen LogP contribution in [0.5, 0.6) is 0 Å². The Kier molecular flexibility index (Phi) is 5.38. The zero-order valence-electron chi connectivity index (χ0n) is 16.0. The van der Waals surface area contributed by atoms with Gasteiger partial charge in [-0.3, -0.25) is 9.69 Å². The minimum absolute atomic E-state index is 0.278. The topological polar surface area (TPSA) is 52.6 Å². The number of nitrogens with zero attached hydrogens (tertiary/aromatic N) is 5. The Morgan fingerprint density at radius 2 is 1.88 bits per heavy atom. The lowest BCUT2D eigenvalue weighted by Gasteiger charge is -2.43. The first-order valence-corrected chi connectivity index (χ1v) is 10.4. The van der Waals surface area contributed by atoms with Crippen LogP contribution in [0, 0.1) is 0 Å². The highest BCUT2D eigenvalue weighted by atomic mass is 16.2. The van der Waals surface area contributed by atoms with Crippen LogP contribution in [0.3, 0.4) is 0 Å². The van der Waals surface area contributed by atoms with Gasteiger partial charge in [-0.2, -0.15) is 0 Å². The highest BCUT2D eigenvalue weighted by Gasteiger charge is 2.29. The van der Waals surface area contributed by atoms with Crippen molar-refractivity contribution in [2.75, 3.05) is 44.2 Å². The number of piperazine rings is 1. The van der Waals surface area contributed by atoms with E-state index in [9.17, 15) is 4.79 Å². The zero-order chi connectivity index (χ0) is 17.9. The first-order chi connectivity index (χ1) is 12.7. The molecule has 1 aliphatic carbocycles. The van der Waals surface area contributed by atoms with Gasteiger partial charge in [-0.1, -0.05) is 13.3 Å². The molecule has 0 bridgehead atoms. The van der Waals surface area contributed by atoms with E-state index in [1.54, 1.807) is 0 Å². The van der Waals surface area contributed by atoms with Crippen LogP contribution < -0.4 is 4.90 Å². The Balaban J connectivity index is 1.38. The Bertz CT molecular complexity index is 637. The first kappa shape index (κ1) is 17.7. The summed E-state index contributed by atoms with van der Waals surface area (Å²) in [6.45, 7) is 7.96. The van der Waals surface area contributed by atoms with Crippen molar-refractivity contribution < 1.29 is 4.79 Å². The zero-order valence-corrected chi connectivity index (χ0v) is 16.0. The maximum atomic E-state index is 12.2. The van der Waals surface area contributed by atoms with E-state index in [1.807, 2.05) is 11.1 Å². The summed E-state index contributed by atoms with van der Waals surface area (Å²) in [5, 5.41) is 0. The van der Waals surface area contributed by atoms with Crippen LogP contribution in [0.15, 0.2) is 6.20 Å². The van der Waals surface area contributed by atoms with Crippen molar-refractivity contribution in [3.8, 4) is 0 Å². The van der Waals surface area contributed by atoms with Gasteiger partial charge in [0.05, 0.1) is 5.69 Å². The summed E-state index contributed by atoms with van der Waals surface area (Å²) in [5.74, 6) is 1.16. The van der Waals surface area contributed by atoms with Crippen LogP contribution in [0.1, 0.15) is 50.3 Å². The van der Waals surface area contributed by atoms with Crippen molar-refractivity contribution in [1.82, 2.24) is 19.8 Å². The van der Waals surface area contributed by atoms with Crippen molar-refractivity contribution >= 4 is 11.9 Å². The molecule has 1 aromatic heterocycles. The predicted octanol–water partition coefficient (Wildman–Crippen LogP) is 1.88. The van der Waals surface area contributed by atoms with Crippen LogP contribution in [-0.2, 0) is 17.6 Å². The second kappa shape index (κ2) is 7.91. The number of hydrogen-bond acceptors (Lipinski definition) is 5. The SMILES string of the molecule is CCCC(=O)N1CCc2cnc(N3CCN(C4CCC4)CC3)nc2CC1. The second-order valence-corrected chi connectivity index (χ2v) is 7.88. The highest BCUT2D eigenvalue weighted by molar-refractivity contribution is 5.76. The van der Waals surface area contributed by atoms with E-state index >= 15 is 0 Å². The number of rotatable bonds is 4. The fourth-order valence-electron chi connectivity index (χ4n) is 4.28. The molecular formula is C20H31N5O. The van der Waals surface area contributed by atoms with Crippen molar-refractivity contribution in [3.63, 3.8) is 0 Å². The molecule has 4 rings (SSSR count). The fourth-order valence-corrected chi connectivity index (χ4v) is 4.28. The van der Waals surface area contributed by atoms with Crippen LogP contribution in [0.4, 0.5) is 5.95 Å². The number of fused-ring (bicyclic) bond motifs is 1. The maximum Gasteiger partial charge on any atom is 0.225 e. The number of anilines is 1. The van der Waals surface area contributed by atoms with E-state index in [4.69, 9.17) is 4.98 Å². The Morgan fingerprint density at radius 1 is 1.12 bits per heavy atom. The van der Waals surface area contributed by atoms with E-state index < -0.39 is 0 Å². The molecule has 1 saturated heterocycles. The summed E-state index contributed by atoms with van der Waals surface area (Å²) in [6, 6.07) is 0.830. The molecule has 0 unspecified atom stereocenters. The molecule has 0 spiro atoms. The Morgan fingerprint density at radius 3 is 2.58 bits per heavy atom. The molecule has 1 amide bonds. The minimum Gasteiger partial charge on any atom is -0.342 e. The molecule has 1 saturated carbocycles. The number of aromatic nitrogens is 2. The van der Waals surface area contributed by atoms with Gasteiger partial charge in [0.1, 0.15) is 0 Å². The summed E-state index contributed by atoms with van der Waals surface area (Å²) < 4.78 is 0. The lowest BCUT2D eigenvalue weighted by Crippen LogP contribution is -2.52. The number of amides is 1. The van der Waals surface area contributed by atoms with Gasteiger partial charge in [-0.05, 0) is 31.2 Å². The fraction of sp³-hybridized carbons (Fsp3) is 0.750. The quantitative estimate of drug-likeness (QED) is 0.823. The monoisotopic (exact) mass is 357 g/mol. The molecule has 6 heteroatoms. The molecule has 3 heterocycles. The van der Waals surface area contributed by atoms with Gasteiger partial charge in [0.2, 0.25) is 11.9 Å². The maximum absolute atomic E-state index is 12.2. The summed E-state index contributed by atoms with van der Waals surface area (Å²) >= 11 is 0. The molecule has 0 N–H and O–H groups in total. The molecule has 0 aromatic carbocycles. The number of carbonyl (C=O) groups excluding carboxylic acids is 1. The molecule has 1 aromatic rings. The molecule has 2 aliphatic heterocycles. The molecular weight excluding hydrogens is 326 g/mol. The van der Waals surface area contributed by atoms with Gasteiger partial charge in [-0.25, -0.2) is 9.97 Å². The van der Waals surface area contributed by atoms with Crippen molar-refractivity contribution in [2.45, 2.75) is 57.9 Å². The molecule has 26 heavy (non-hydrogen) atoms. The number of hydrogen-bond donors (Lipinski definition) is 0. The Labute approximate surface area is 156 Å². The van der Waals surface area contributed by atoms with Crippen LogP contribution in [-0.4, -0.2) is 71.0 Å². The van der Waals surface area contributed by atoms with Crippen molar-refractivity contribution in [2.24, 2.45) is 0 Å². The van der Waals surface area contributed by atoms with Gasteiger partial charge < -0.3 is 9.80 Å². The van der Waals surface area contributed by atoms with Gasteiger partial charge in [0.25, 0.3) is 0 Å². The molecule has 0 radical (unpaired) electrons. The molecule has 2 fully saturated rings. The van der Waals surface area contributed by atoms with Gasteiger partial charge in [0.15, 0.2) is 0 Å². The van der Waals surface area contributed by atoms with Crippen LogP contribution in [0.2, 0.25) is 0 Å². The van der Waals surface area contributed by atoms with E-state index in [0.717, 1.165) is 76.2 Å². The van der Waals surface area contributed by atoms with E-state index in [0.29, 0.717) is 6.42 Å². The lowest BCUT2D eigenvalue weighted by molar-refractivity contribution is -0.131. The highest BCUT2D eigenvalue weighted by Crippen LogP contribution is 2.26. The summed E-state index contributed by atoms with van der Waals surface area (Å²) in [5.41, 5.74) is 2.36. The van der Waals surface area contributed by atoms with Gasteiger partial charge >= 0.3 is 0 Å². The van der Waals surface area contributed by atoms with Gasteiger partial charge in [-0.15, -0.1) is 0 Å². The average Bonchev–Trinajstić information content (AvgIpc) is 2.83. The summed E-state index contributed by atoms with van der Waals surface area (Å²) in [4.78, 5) is 28.7. The second-order valence-electron chi connectivity index (χ2n) is 7.88. The molecule has 3 aliphatic rings. The van der Waals surface area contributed by atoms with E-state index in [2.05, 4.69) is 21.7 Å². The van der Waals surface area contributed by atoms with Crippen molar-refractivity contribution in [1.29, 1.82) is 0 Å². The van der Waals surface area contributed by atoms with Crippen LogP contribution >= 0.6 is 0 Å². The van der Waals surface area contributed by atoms with E-state index in [1.165, 1.54) is 24.8 Å². The molecule has 6 nitrogen and oxygen atoms in total. The third-order valence-electron chi connectivity index (χ3n) is 6.22. The smallest absolute Gasteiger partial charge is 0.225 e. The van der Waals surface area contributed by atoms with Crippen molar-refractivity contribution in [3.05, 3.63) is 17.5 Å². The summed E-state index contributed by atoms with van der Waals surface area (Å²) in [6.07, 6.45) is 9.45. The third kappa shape index (κ3) is 3.70. The molecule has 142 valence electrons. The largest absolute Gasteiger partial charge is 0.342 e. The standard InChI is InChI=1S/C20H31N5O/c1-2-4-19(26)24-9-7-16-15-21-20(22-18(16)8-10-24)25-13-11-23(12-14-25)17-5-3-6-17/h15,17H,2-14H2,1H3. The lowest BCUT2D eigenvalue weighted by atomic mass is 9.91. The summed E-state index contributed by atoms with van der Waals surface area (Å²) in [7, 11) is 0. The average molecular weight is 358 g/mol. The number of carbonyl (C=O) groups is 1. The first-order valence-electron chi connectivity index (χ1n) is 10.4. The van der Waals surface area contributed by atoms with E-state index in [-0.39, 0.29) is 5.91 Å². The Hall–Kier alpha value is -1.69. The minimum atomic E-state index is 0.278. The predicted molar refractivity (Wildman–Crippen MR) is 102 cm³/mol. The molecule has 0 atom stereocenters. The normalized spacial score (nSPS) is 21.9.